The van der Waals surface area contributed by atoms with Crippen molar-refractivity contribution in [1.29, 1.82) is 0 Å². The van der Waals surface area contributed by atoms with Crippen LogP contribution in [0.5, 0.6) is 0 Å². The zero-order valence-electron chi connectivity index (χ0n) is 8.06. The summed E-state index contributed by atoms with van der Waals surface area (Å²) in [6, 6.07) is 0. The largest absolute Gasteiger partial charge is 0.392 e. The lowest BCUT2D eigenvalue weighted by Crippen LogP contribution is -2.25. The first-order valence-corrected chi connectivity index (χ1v) is 4.46. The Hall–Kier alpha value is -0.940. The molecule has 0 radical (unpaired) electrons. The first-order valence-electron chi connectivity index (χ1n) is 4.46. The van der Waals surface area contributed by atoms with E-state index in [-0.39, 0.29) is 6.10 Å². The molecule has 0 aliphatic heterocycles. The van der Waals surface area contributed by atoms with Crippen molar-refractivity contribution in [2.24, 2.45) is 7.05 Å². The van der Waals surface area contributed by atoms with E-state index >= 15 is 0 Å². The molecule has 0 saturated heterocycles. The van der Waals surface area contributed by atoms with E-state index in [2.05, 4.69) is 15.6 Å². The summed E-state index contributed by atoms with van der Waals surface area (Å²) in [5.74, 6) is 0. The zero-order chi connectivity index (χ0) is 9.68. The van der Waals surface area contributed by atoms with Gasteiger partial charge in [-0.1, -0.05) is 12.1 Å². The topological polar surface area (TPSA) is 63.0 Å². The minimum absolute atomic E-state index is 0.267. The molecule has 1 heterocycles. The number of aliphatic hydroxyl groups is 1. The van der Waals surface area contributed by atoms with Gasteiger partial charge in [0.2, 0.25) is 0 Å². The lowest BCUT2D eigenvalue weighted by atomic mass is 10.3. The fourth-order valence-electron chi connectivity index (χ4n) is 0.987. The van der Waals surface area contributed by atoms with Crippen LogP contribution in [-0.4, -0.2) is 32.7 Å². The van der Waals surface area contributed by atoms with Gasteiger partial charge < -0.3 is 10.4 Å². The SMILES string of the molecule is CCC(O)CNCc1cn(C)nn1. The van der Waals surface area contributed by atoms with Crippen LogP contribution in [-0.2, 0) is 13.6 Å². The van der Waals surface area contributed by atoms with Gasteiger partial charge in [-0.15, -0.1) is 5.10 Å². The summed E-state index contributed by atoms with van der Waals surface area (Å²) in [5.41, 5.74) is 0.894. The van der Waals surface area contributed by atoms with E-state index in [9.17, 15) is 5.11 Å². The van der Waals surface area contributed by atoms with Crippen LogP contribution in [0, 0.1) is 0 Å². The molecule has 0 fully saturated rings. The summed E-state index contributed by atoms with van der Waals surface area (Å²) >= 11 is 0. The predicted octanol–water partition coefficient (Wildman–Crippen LogP) is -0.324. The first kappa shape index (κ1) is 10.1. The Morgan fingerprint density at radius 2 is 2.46 bits per heavy atom. The fourth-order valence-corrected chi connectivity index (χ4v) is 0.987. The lowest BCUT2D eigenvalue weighted by Gasteiger charge is -2.07. The molecule has 0 aliphatic carbocycles. The molecule has 1 rings (SSSR count). The number of nitrogens with zero attached hydrogens (tertiary/aromatic N) is 3. The minimum Gasteiger partial charge on any atom is -0.392 e. The van der Waals surface area contributed by atoms with Crippen molar-refractivity contribution in [3.05, 3.63) is 11.9 Å². The van der Waals surface area contributed by atoms with Gasteiger partial charge in [-0.3, -0.25) is 4.68 Å². The third kappa shape index (κ3) is 3.52. The van der Waals surface area contributed by atoms with E-state index in [1.54, 1.807) is 4.68 Å². The van der Waals surface area contributed by atoms with Crippen LogP contribution in [0.4, 0.5) is 0 Å². The number of aliphatic hydroxyl groups excluding tert-OH is 1. The maximum Gasteiger partial charge on any atom is 0.0964 e. The Morgan fingerprint density at radius 3 is 3.00 bits per heavy atom. The van der Waals surface area contributed by atoms with E-state index in [0.29, 0.717) is 13.1 Å². The van der Waals surface area contributed by atoms with Crippen molar-refractivity contribution in [1.82, 2.24) is 20.3 Å². The van der Waals surface area contributed by atoms with Gasteiger partial charge >= 0.3 is 0 Å². The Kier molecular flexibility index (Phi) is 3.85. The van der Waals surface area contributed by atoms with Gasteiger partial charge in [-0.25, -0.2) is 0 Å². The van der Waals surface area contributed by atoms with E-state index in [1.807, 2.05) is 20.2 Å². The summed E-state index contributed by atoms with van der Waals surface area (Å²) in [6.07, 6.45) is 2.36. The molecular weight excluding hydrogens is 168 g/mol. The highest BCUT2D eigenvalue weighted by Crippen LogP contribution is 1.91. The number of hydrogen-bond acceptors (Lipinski definition) is 4. The number of aryl methyl sites for hydroxylation is 1. The average molecular weight is 184 g/mol. The summed E-state index contributed by atoms with van der Waals surface area (Å²) in [6.45, 7) is 3.21. The highest BCUT2D eigenvalue weighted by Gasteiger charge is 2.01. The van der Waals surface area contributed by atoms with Crippen LogP contribution in [0.1, 0.15) is 19.0 Å². The van der Waals surface area contributed by atoms with Gasteiger partial charge in [0.15, 0.2) is 0 Å². The molecule has 2 N–H and O–H groups in total. The van der Waals surface area contributed by atoms with Gasteiger partial charge in [0.05, 0.1) is 11.8 Å². The summed E-state index contributed by atoms with van der Waals surface area (Å²) in [5, 5.41) is 20.0. The molecule has 5 heteroatoms. The van der Waals surface area contributed by atoms with Gasteiger partial charge in [0.1, 0.15) is 0 Å². The van der Waals surface area contributed by atoms with Crippen LogP contribution in [0.25, 0.3) is 0 Å². The van der Waals surface area contributed by atoms with Crippen molar-refractivity contribution >= 4 is 0 Å². The molecular formula is C8H16N4O. The molecule has 1 aromatic heterocycles. The molecule has 0 aliphatic rings. The second-order valence-corrected chi connectivity index (χ2v) is 3.08. The Balaban J connectivity index is 2.20. The van der Waals surface area contributed by atoms with Crippen LogP contribution in [0.15, 0.2) is 6.20 Å². The third-order valence-electron chi connectivity index (χ3n) is 1.81. The maximum absolute atomic E-state index is 9.24. The molecule has 1 unspecified atom stereocenters. The molecule has 5 nitrogen and oxygen atoms in total. The Labute approximate surface area is 77.8 Å². The van der Waals surface area contributed by atoms with Crippen molar-refractivity contribution in [2.75, 3.05) is 6.54 Å². The molecule has 74 valence electrons. The maximum atomic E-state index is 9.24. The number of aromatic nitrogens is 3. The molecule has 0 spiro atoms. The third-order valence-corrected chi connectivity index (χ3v) is 1.81. The summed E-state index contributed by atoms with van der Waals surface area (Å²) in [4.78, 5) is 0. The normalized spacial score (nSPS) is 13.2. The van der Waals surface area contributed by atoms with Crippen LogP contribution < -0.4 is 5.32 Å². The minimum atomic E-state index is -0.267. The van der Waals surface area contributed by atoms with Crippen molar-refractivity contribution in [3.63, 3.8) is 0 Å². The molecule has 0 amide bonds. The van der Waals surface area contributed by atoms with Crippen molar-refractivity contribution in [3.8, 4) is 0 Å². The van der Waals surface area contributed by atoms with Crippen molar-refractivity contribution in [2.45, 2.75) is 26.0 Å². The molecule has 0 bridgehead atoms. The van der Waals surface area contributed by atoms with Gasteiger partial charge in [-0.2, -0.15) is 0 Å². The molecule has 0 aromatic carbocycles. The van der Waals surface area contributed by atoms with Gasteiger partial charge in [-0.05, 0) is 6.42 Å². The Morgan fingerprint density at radius 1 is 1.69 bits per heavy atom. The van der Waals surface area contributed by atoms with Gasteiger partial charge in [0.25, 0.3) is 0 Å². The summed E-state index contributed by atoms with van der Waals surface area (Å²) < 4.78 is 1.66. The van der Waals surface area contributed by atoms with Crippen molar-refractivity contribution < 1.29 is 5.11 Å². The quantitative estimate of drug-likeness (QED) is 0.658. The van der Waals surface area contributed by atoms with E-state index in [0.717, 1.165) is 12.1 Å². The second-order valence-electron chi connectivity index (χ2n) is 3.08. The molecule has 0 saturated carbocycles. The Bertz CT molecular complexity index is 248. The van der Waals surface area contributed by atoms with Crippen LogP contribution in [0.2, 0.25) is 0 Å². The standard InChI is InChI=1S/C8H16N4O/c1-3-8(13)5-9-4-7-6-12(2)11-10-7/h6,8-9,13H,3-5H2,1-2H3. The zero-order valence-corrected chi connectivity index (χ0v) is 8.06. The fraction of sp³-hybridized carbons (Fsp3) is 0.750. The van der Waals surface area contributed by atoms with E-state index in [4.69, 9.17) is 0 Å². The average Bonchev–Trinajstić information content (AvgIpc) is 2.51. The highest BCUT2D eigenvalue weighted by atomic mass is 16.3. The first-order chi connectivity index (χ1) is 6.22. The number of hydrogen-bond donors (Lipinski definition) is 2. The monoisotopic (exact) mass is 184 g/mol. The molecule has 1 atom stereocenters. The smallest absolute Gasteiger partial charge is 0.0964 e. The second kappa shape index (κ2) is 4.94. The number of nitrogens with one attached hydrogen (secondary N) is 1. The van der Waals surface area contributed by atoms with E-state index in [1.165, 1.54) is 0 Å². The van der Waals surface area contributed by atoms with E-state index < -0.39 is 0 Å². The van der Waals surface area contributed by atoms with Gasteiger partial charge in [0, 0.05) is 26.3 Å². The molecule has 1 aromatic rings. The predicted molar refractivity (Wildman–Crippen MR) is 49.0 cm³/mol. The van der Waals surface area contributed by atoms with Crippen LogP contribution >= 0.6 is 0 Å². The lowest BCUT2D eigenvalue weighted by molar-refractivity contribution is 0.167. The van der Waals surface area contributed by atoms with Crippen LogP contribution in [0.3, 0.4) is 0 Å². The molecule has 13 heavy (non-hydrogen) atoms. The number of rotatable bonds is 5. The highest BCUT2D eigenvalue weighted by molar-refractivity contribution is 4.90. The summed E-state index contributed by atoms with van der Waals surface area (Å²) in [7, 11) is 1.83.